The maximum absolute atomic E-state index is 13.4. The van der Waals surface area contributed by atoms with Gasteiger partial charge < -0.3 is 29.9 Å². The van der Waals surface area contributed by atoms with Gasteiger partial charge in [-0.15, -0.1) is 0 Å². The normalized spacial score (nSPS) is 20.5. The van der Waals surface area contributed by atoms with Crippen molar-refractivity contribution in [3.8, 4) is 5.75 Å². The first-order valence-electron chi connectivity index (χ1n) is 11.1. The fraction of sp³-hybridized carbons (Fsp3) is 0.591. The van der Waals surface area contributed by atoms with Gasteiger partial charge in [0.15, 0.2) is 0 Å². The number of carboxylic acids is 2. The molecule has 2 heterocycles. The van der Waals surface area contributed by atoms with Gasteiger partial charge in [0.2, 0.25) is 0 Å². The van der Waals surface area contributed by atoms with Gasteiger partial charge in [-0.1, -0.05) is 0 Å². The molecule has 0 aromatic heterocycles. The number of anilines is 1. The molecule has 2 aliphatic heterocycles. The summed E-state index contributed by atoms with van der Waals surface area (Å²) < 4.78 is 82.8. The predicted octanol–water partition coefficient (Wildman–Crippen LogP) is 3.61. The van der Waals surface area contributed by atoms with E-state index in [4.69, 9.17) is 19.4 Å². The van der Waals surface area contributed by atoms with Crippen molar-refractivity contribution in [1.29, 1.82) is 0 Å². The van der Waals surface area contributed by atoms with Crippen LogP contribution in [0.5, 0.6) is 5.75 Å². The van der Waals surface area contributed by atoms with Crippen LogP contribution in [0.25, 0.3) is 0 Å². The van der Waals surface area contributed by atoms with Gasteiger partial charge in [-0.2, -0.15) is 26.3 Å². The summed E-state index contributed by atoms with van der Waals surface area (Å²) in [4.78, 5) is 33.4. The highest BCUT2D eigenvalue weighted by atomic mass is 19.4. The van der Waals surface area contributed by atoms with Crippen molar-refractivity contribution >= 4 is 23.5 Å². The minimum Gasteiger partial charge on any atom is -0.492 e. The smallest absolute Gasteiger partial charge is 0.490 e. The molecule has 2 saturated heterocycles. The van der Waals surface area contributed by atoms with Crippen LogP contribution in [0.15, 0.2) is 18.2 Å². The molecule has 0 spiro atoms. The summed E-state index contributed by atoms with van der Waals surface area (Å²) in [5.74, 6) is -6.07. The lowest BCUT2D eigenvalue weighted by Crippen LogP contribution is -2.50. The number of carbonyl (C=O) groups is 3. The van der Waals surface area contributed by atoms with Gasteiger partial charge in [0.25, 0.3) is 0 Å². The summed E-state index contributed by atoms with van der Waals surface area (Å²) in [5.41, 5.74) is -0.983. The molecule has 2 aliphatic rings. The number of nitrogens with one attached hydrogen (secondary N) is 1. The van der Waals surface area contributed by atoms with E-state index in [1.165, 1.54) is 18.2 Å². The highest BCUT2D eigenvalue weighted by Crippen LogP contribution is 2.34. The monoisotopic (exact) mass is 544 g/mol. The summed E-state index contributed by atoms with van der Waals surface area (Å²) in [6.07, 6.45) is -8.01. The van der Waals surface area contributed by atoms with E-state index in [0.29, 0.717) is 4.90 Å². The van der Waals surface area contributed by atoms with Crippen LogP contribution in [-0.2, 0) is 14.3 Å². The van der Waals surface area contributed by atoms with E-state index in [9.17, 15) is 41.0 Å². The Hall–Kier alpha value is -3.07. The number of hydrogen-bond acceptors (Lipinski definition) is 6. The minimum absolute atomic E-state index is 0.175. The molecular formula is C22H26F6N2O7. The Balaban J connectivity index is 0.000000604. The highest BCUT2D eigenvalue weighted by molar-refractivity contribution is 6.04. The number of aromatic carboxylic acids is 1. The molecule has 2 fully saturated rings. The third-order valence-electron chi connectivity index (χ3n) is 5.73. The first-order valence-corrected chi connectivity index (χ1v) is 11.1. The molecule has 0 unspecified atom stereocenters. The van der Waals surface area contributed by atoms with Crippen molar-refractivity contribution in [2.75, 3.05) is 31.3 Å². The number of amides is 1. The zero-order chi connectivity index (χ0) is 28.0. The maximum atomic E-state index is 13.4. The molecular weight excluding hydrogens is 518 g/mol. The van der Waals surface area contributed by atoms with E-state index < -0.39 is 41.8 Å². The first kappa shape index (κ1) is 30.2. The van der Waals surface area contributed by atoms with Crippen LogP contribution in [0.1, 0.15) is 43.0 Å². The van der Waals surface area contributed by atoms with E-state index in [-0.39, 0.29) is 49.6 Å². The predicted molar refractivity (Wildman–Crippen MR) is 116 cm³/mol. The number of benzene rings is 1. The number of carbonyl (C=O) groups excluding carboxylic acids is 1. The second-order valence-electron chi connectivity index (χ2n) is 8.68. The number of carboxylic acid groups (broad SMARTS) is 2. The fourth-order valence-corrected chi connectivity index (χ4v) is 3.86. The van der Waals surface area contributed by atoms with Gasteiger partial charge in [-0.3, -0.25) is 4.79 Å². The number of rotatable bonds is 6. The zero-order valence-electron chi connectivity index (χ0n) is 19.6. The second-order valence-corrected chi connectivity index (χ2v) is 8.68. The van der Waals surface area contributed by atoms with Crippen LogP contribution >= 0.6 is 0 Å². The summed E-state index contributed by atoms with van der Waals surface area (Å²) in [5, 5.41) is 20.0. The standard InChI is InChI=1S/C20H25F3N2O5.C2HF3O2/c1-19(7-2-8-24-19)12-30-14-3-4-15(17(26)27)16(11-14)25(18(28)20(21,22)23)13-5-9-29-10-6-13;3-2(4,5)1(6)7/h3-4,11,13,24H,2,5-10,12H2,1H3,(H,26,27);(H,6,7)/t19-;/m0./s1. The van der Waals surface area contributed by atoms with Crippen LogP contribution in [-0.4, -0.2) is 78.4 Å². The van der Waals surface area contributed by atoms with E-state index >= 15 is 0 Å². The third kappa shape index (κ3) is 8.49. The molecule has 37 heavy (non-hydrogen) atoms. The molecule has 1 aromatic carbocycles. The van der Waals surface area contributed by atoms with Crippen molar-refractivity contribution in [3.05, 3.63) is 23.8 Å². The number of halogens is 6. The average Bonchev–Trinajstić information content (AvgIpc) is 3.24. The van der Waals surface area contributed by atoms with E-state index in [0.717, 1.165) is 19.4 Å². The number of alkyl halides is 6. The first-order chi connectivity index (χ1) is 17.0. The molecule has 0 aliphatic carbocycles. The van der Waals surface area contributed by atoms with Crippen LogP contribution < -0.4 is 15.0 Å². The van der Waals surface area contributed by atoms with Crippen molar-refractivity contribution in [3.63, 3.8) is 0 Å². The molecule has 1 atom stereocenters. The van der Waals surface area contributed by atoms with Gasteiger partial charge in [0.1, 0.15) is 12.4 Å². The molecule has 1 amide bonds. The molecule has 0 saturated carbocycles. The summed E-state index contributed by atoms with van der Waals surface area (Å²) in [7, 11) is 0. The molecule has 1 aromatic rings. The topological polar surface area (TPSA) is 125 Å². The van der Waals surface area contributed by atoms with Crippen LogP contribution in [0.2, 0.25) is 0 Å². The van der Waals surface area contributed by atoms with Crippen LogP contribution in [0.3, 0.4) is 0 Å². The van der Waals surface area contributed by atoms with Gasteiger partial charge in [-0.05, 0) is 51.3 Å². The Labute approximate surface area is 207 Å². The van der Waals surface area contributed by atoms with E-state index in [2.05, 4.69) is 5.32 Å². The summed E-state index contributed by atoms with van der Waals surface area (Å²) in [6.45, 7) is 3.47. The Kier molecular flexibility index (Phi) is 9.77. The number of aliphatic carboxylic acids is 1. The zero-order valence-corrected chi connectivity index (χ0v) is 19.6. The highest BCUT2D eigenvalue weighted by Gasteiger charge is 2.46. The van der Waals surface area contributed by atoms with Gasteiger partial charge in [-0.25, -0.2) is 9.59 Å². The third-order valence-corrected chi connectivity index (χ3v) is 5.73. The summed E-state index contributed by atoms with van der Waals surface area (Å²) >= 11 is 0. The second kappa shape index (κ2) is 12.0. The van der Waals surface area contributed by atoms with Crippen LogP contribution in [0.4, 0.5) is 32.0 Å². The van der Waals surface area contributed by atoms with Crippen molar-refractivity contribution < 1.29 is 60.4 Å². The summed E-state index contributed by atoms with van der Waals surface area (Å²) in [6, 6.07) is 2.95. The Morgan fingerprint density at radius 2 is 1.70 bits per heavy atom. The van der Waals surface area contributed by atoms with Crippen molar-refractivity contribution in [1.82, 2.24) is 5.32 Å². The van der Waals surface area contributed by atoms with Gasteiger partial charge >= 0.3 is 30.2 Å². The Morgan fingerprint density at radius 1 is 1.11 bits per heavy atom. The van der Waals surface area contributed by atoms with Crippen molar-refractivity contribution in [2.24, 2.45) is 0 Å². The maximum Gasteiger partial charge on any atom is 0.490 e. The largest absolute Gasteiger partial charge is 0.492 e. The van der Waals surface area contributed by atoms with E-state index in [1.54, 1.807) is 0 Å². The lowest BCUT2D eigenvalue weighted by atomic mass is 10.0. The number of ether oxygens (including phenoxy) is 2. The lowest BCUT2D eigenvalue weighted by molar-refractivity contribution is -0.192. The molecule has 0 radical (unpaired) electrons. The number of hydrogen-bond donors (Lipinski definition) is 3. The van der Waals surface area contributed by atoms with E-state index in [1.807, 2.05) is 6.92 Å². The average molecular weight is 544 g/mol. The molecule has 208 valence electrons. The number of nitrogens with zero attached hydrogens (tertiary/aromatic N) is 1. The molecule has 3 N–H and O–H groups in total. The Morgan fingerprint density at radius 3 is 2.16 bits per heavy atom. The molecule has 0 bridgehead atoms. The van der Waals surface area contributed by atoms with Gasteiger partial charge in [0, 0.05) is 30.9 Å². The minimum atomic E-state index is -5.15. The molecule has 9 nitrogen and oxygen atoms in total. The molecule has 3 rings (SSSR count). The SMILES string of the molecule is C[C@@]1(COc2ccc(C(=O)O)c(N(C(=O)C(F)(F)F)C3CCOCC3)c2)CCCN1.O=C(O)C(F)(F)F. The molecule has 15 heteroatoms. The fourth-order valence-electron chi connectivity index (χ4n) is 3.86. The van der Waals surface area contributed by atoms with Crippen molar-refractivity contribution in [2.45, 2.75) is 56.5 Å². The van der Waals surface area contributed by atoms with Crippen LogP contribution in [0, 0.1) is 0 Å². The Bertz CT molecular complexity index is 971. The quantitative estimate of drug-likeness (QED) is 0.464. The lowest BCUT2D eigenvalue weighted by Gasteiger charge is -2.35. The van der Waals surface area contributed by atoms with Gasteiger partial charge in [0.05, 0.1) is 11.3 Å².